The van der Waals surface area contributed by atoms with Crippen LogP contribution in [0.3, 0.4) is 0 Å². The summed E-state index contributed by atoms with van der Waals surface area (Å²) in [5.74, 6) is 0.900. The van der Waals surface area contributed by atoms with Crippen LogP contribution < -0.4 is 9.47 Å². The van der Waals surface area contributed by atoms with Crippen molar-refractivity contribution in [1.29, 1.82) is 0 Å². The smallest absolute Gasteiger partial charge is 0.231 e. The second-order valence-corrected chi connectivity index (χ2v) is 6.50. The molecule has 1 aliphatic heterocycles. The molecule has 0 aliphatic carbocycles. The Bertz CT molecular complexity index is 671. The highest BCUT2D eigenvalue weighted by Crippen LogP contribution is 2.41. The Labute approximate surface area is 137 Å². The van der Waals surface area contributed by atoms with Gasteiger partial charge in [0.1, 0.15) is 5.82 Å². The van der Waals surface area contributed by atoms with Crippen LogP contribution in [-0.2, 0) is 6.42 Å². The van der Waals surface area contributed by atoms with E-state index in [0.717, 1.165) is 4.47 Å². The zero-order chi connectivity index (χ0) is 15.0. The molecule has 1 N–H and O–H groups in total. The Morgan fingerprint density at radius 2 is 1.95 bits per heavy atom. The first-order valence-corrected chi connectivity index (χ1v) is 7.83. The van der Waals surface area contributed by atoms with Crippen LogP contribution in [0.1, 0.15) is 17.2 Å². The van der Waals surface area contributed by atoms with E-state index in [0.29, 0.717) is 33.5 Å². The SMILES string of the molecule is OC(Cc1cc(F)cc(Br)c1)c1cc(Br)c2c(c1)OCO2. The highest BCUT2D eigenvalue weighted by molar-refractivity contribution is 9.10. The quantitative estimate of drug-likeness (QED) is 0.806. The number of aliphatic hydroxyl groups excluding tert-OH is 1. The van der Waals surface area contributed by atoms with Crippen molar-refractivity contribution in [2.75, 3.05) is 6.79 Å². The Morgan fingerprint density at radius 3 is 2.71 bits per heavy atom. The van der Waals surface area contributed by atoms with E-state index >= 15 is 0 Å². The van der Waals surface area contributed by atoms with Crippen molar-refractivity contribution in [3.8, 4) is 11.5 Å². The molecule has 2 aromatic rings. The number of halogens is 3. The third kappa shape index (κ3) is 3.22. The van der Waals surface area contributed by atoms with E-state index < -0.39 is 6.10 Å². The lowest BCUT2D eigenvalue weighted by Crippen LogP contribution is -2.02. The van der Waals surface area contributed by atoms with Gasteiger partial charge in [0.15, 0.2) is 11.5 Å². The zero-order valence-corrected chi connectivity index (χ0v) is 13.9. The van der Waals surface area contributed by atoms with Crippen LogP contribution in [0.4, 0.5) is 4.39 Å². The van der Waals surface area contributed by atoms with Crippen molar-refractivity contribution in [1.82, 2.24) is 0 Å². The molecule has 1 unspecified atom stereocenters. The second-order valence-electron chi connectivity index (χ2n) is 4.73. The van der Waals surface area contributed by atoms with Gasteiger partial charge in [0.25, 0.3) is 0 Å². The lowest BCUT2D eigenvalue weighted by molar-refractivity contribution is 0.171. The number of rotatable bonds is 3. The minimum atomic E-state index is -0.760. The molecule has 0 saturated carbocycles. The van der Waals surface area contributed by atoms with Gasteiger partial charge in [0.05, 0.1) is 10.6 Å². The summed E-state index contributed by atoms with van der Waals surface area (Å²) in [7, 11) is 0. The molecule has 21 heavy (non-hydrogen) atoms. The molecule has 110 valence electrons. The number of hydrogen-bond acceptors (Lipinski definition) is 3. The van der Waals surface area contributed by atoms with E-state index in [1.807, 2.05) is 0 Å². The van der Waals surface area contributed by atoms with Gasteiger partial charge in [-0.3, -0.25) is 0 Å². The largest absolute Gasteiger partial charge is 0.454 e. The molecule has 0 spiro atoms. The van der Waals surface area contributed by atoms with Gasteiger partial charge >= 0.3 is 0 Å². The Kier molecular flexibility index (Phi) is 4.19. The highest BCUT2D eigenvalue weighted by atomic mass is 79.9. The fraction of sp³-hybridized carbons (Fsp3) is 0.200. The van der Waals surface area contributed by atoms with Crippen LogP contribution in [0, 0.1) is 5.82 Å². The second kappa shape index (κ2) is 5.94. The molecule has 0 amide bonds. The summed E-state index contributed by atoms with van der Waals surface area (Å²) in [6.45, 7) is 0.171. The minimum absolute atomic E-state index is 0.171. The van der Waals surface area contributed by atoms with Crippen LogP contribution in [0.5, 0.6) is 11.5 Å². The van der Waals surface area contributed by atoms with E-state index in [-0.39, 0.29) is 12.6 Å². The number of benzene rings is 2. The summed E-state index contributed by atoms with van der Waals surface area (Å²) in [5, 5.41) is 10.4. The van der Waals surface area contributed by atoms with Gasteiger partial charge < -0.3 is 14.6 Å². The first-order valence-electron chi connectivity index (χ1n) is 6.25. The molecule has 3 nitrogen and oxygen atoms in total. The molecule has 0 fully saturated rings. The molecule has 1 heterocycles. The first-order chi connectivity index (χ1) is 10.0. The van der Waals surface area contributed by atoms with Gasteiger partial charge in [-0.15, -0.1) is 0 Å². The van der Waals surface area contributed by atoms with Crippen molar-refractivity contribution in [3.63, 3.8) is 0 Å². The average Bonchev–Trinajstić information content (AvgIpc) is 2.86. The summed E-state index contributed by atoms with van der Waals surface area (Å²) in [4.78, 5) is 0. The molecule has 0 aromatic heterocycles. The molecule has 0 saturated heterocycles. The van der Waals surface area contributed by atoms with Gasteiger partial charge in [0.2, 0.25) is 6.79 Å². The molecule has 0 bridgehead atoms. The summed E-state index contributed by atoms with van der Waals surface area (Å²) in [6, 6.07) is 8.11. The lowest BCUT2D eigenvalue weighted by atomic mass is 10.0. The van der Waals surface area contributed by atoms with Gasteiger partial charge in [-0.1, -0.05) is 15.9 Å². The maximum Gasteiger partial charge on any atom is 0.231 e. The molecule has 1 aliphatic rings. The summed E-state index contributed by atoms with van der Waals surface area (Å²) >= 11 is 6.64. The number of aliphatic hydroxyl groups is 1. The van der Waals surface area contributed by atoms with E-state index in [2.05, 4.69) is 31.9 Å². The molecular formula is C15H11Br2FO3. The summed E-state index contributed by atoms with van der Waals surface area (Å²) in [5.41, 5.74) is 1.40. The van der Waals surface area contributed by atoms with Gasteiger partial charge in [-0.25, -0.2) is 4.39 Å². The van der Waals surface area contributed by atoms with Crippen LogP contribution >= 0.6 is 31.9 Å². The Hall–Kier alpha value is -1.11. The van der Waals surface area contributed by atoms with Gasteiger partial charge in [-0.05, 0) is 57.4 Å². The summed E-state index contributed by atoms with van der Waals surface area (Å²) < 4.78 is 25.4. The van der Waals surface area contributed by atoms with Crippen molar-refractivity contribution < 1.29 is 19.0 Å². The molecule has 1 atom stereocenters. The molecule has 3 rings (SSSR count). The monoisotopic (exact) mass is 416 g/mol. The Balaban J connectivity index is 1.85. The minimum Gasteiger partial charge on any atom is -0.454 e. The third-order valence-corrected chi connectivity index (χ3v) is 4.23. The predicted molar refractivity (Wildman–Crippen MR) is 83.0 cm³/mol. The van der Waals surface area contributed by atoms with Crippen LogP contribution in [-0.4, -0.2) is 11.9 Å². The van der Waals surface area contributed by atoms with Crippen molar-refractivity contribution >= 4 is 31.9 Å². The van der Waals surface area contributed by atoms with Gasteiger partial charge in [-0.2, -0.15) is 0 Å². The topological polar surface area (TPSA) is 38.7 Å². The standard InChI is InChI=1S/C15H11Br2FO3/c16-10-1-8(2-11(18)6-10)3-13(19)9-4-12(17)15-14(5-9)20-7-21-15/h1-2,4-6,13,19H,3,7H2. The van der Waals surface area contributed by atoms with Crippen LogP contribution in [0.2, 0.25) is 0 Å². The zero-order valence-electron chi connectivity index (χ0n) is 10.8. The number of ether oxygens (including phenoxy) is 2. The van der Waals surface area contributed by atoms with E-state index in [1.165, 1.54) is 12.1 Å². The first kappa shape index (κ1) is 14.8. The van der Waals surface area contributed by atoms with Crippen molar-refractivity contribution in [3.05, 3.63) is 56.2 Å². The number of fused-ring (bicyclic) bond motifs is 1. The maximum absolute atomic E-state index is 13.4. The lowest BCUT2D eigenvalue weighted by Gasteiger charge is -2.13. The maximum atomic E-state index is 13.4. The third-order valence-electron chi connectivity index (χ3n) is 3.19. The van der Waals surface area contributed by atoms with E-state index in [9.17, 15) is 9.50 Å². The Morgan fingerprint density at radius 1 is 1.14 bits per heavy atom. The van der Waals surface area contributed by atoms with E-state index in [4.69, 9.17) is 9.47 Å². The molecule has 2 aromatic carbocycles. The van der Waals surface area contributed by atoms with Crippen LogP contribution in [0.15, 0.2) is 39.3 Å². The van der Waals surface area contributed by atoms with Crippen molar-refractivity contribution in [2.45, 2.75) is 12.5 Å². The molecule has 6 heteroatoms. The van der Waals surface area contributed by atoms with Crippen LogP contribution in [0.25, 0.3) is 0 Å². The fourth-order valence-electron chi connectivity index (χ4n) is 2.25. The fourth-order valence-corrected chi connectivity index (χ4v) is 3.34. The number of hydrogen-bond donors (Lipinski definition) is 1. The van der Waals surface area contributed by atoms with E-state index in [1.54, 1.807) is 18.2 Å². The average molecular weight is 418 g/mol. The predicted octanol–water partition coefficient (Wildman–Crippen LogP) is 4.36. The van der Waals surface area contributed by atoms with Gasteiger partial charge in [0, 0.05) is 10.9 Å². The normalized spacial score (nSPS) is 14.3. The highest BCUT2D eigenvalue weighted by Gasteiger charge is 2.20. The molecule has 0 radical (unpaired) electrons. The molecular weight excluding hydrogens is 407 g/mol. The summed E-state index contributed by atoms with van der Waals surface area (Å²) in [6.07, 6.45) is -0.452. The van der Waals surface area contributed by atoms with Crippen molar-refractivity contribution in [2.24, 2.45) is 0 Å².